The van der Waals surface area contributed by atoms with Crippen molar-refractivity contribution in [3.63, 3.8) is 0 Å². The van der Waals surface area contributed by atoms with Gasteiger partial charge in [-0.2, -0.15) is 0 Å². The lowest BCUT2D eigenvalue weighted by atomic mass is 9.95. The van der Waals surface area contributed by atoms with Crippen molar-refractivity contribution in [1.29, 1.82) is 0 Å². The van der Waals surface area contributed by atoms with Gasteiger partial charge < -0.3 is 0 Å². The van der Waals surface area contributed by atoms with Gasteiger partial charge in [0, 0.05) is 9.75 Å². The molecule has 1 atom stereocenters. The van der Waals surface area contributed by atoms with Gasteiger partial charge in [-0.05, 0) is 29.2 Å². The quantitative estimate of drug-likeness (QED) is 0.581. The second-order valence-electron chi connectivity index (χ2n) is 5.46. The lowest BCUT2D eigenvalue weighted by Gasteiger charge is -2.16. The maximum absolute atomic E-state index is 13.5. The van der Waals surface area contributed by atoms with E-state index in [1.807, 2.05) is 6.07 Å². The Balaban J connectivity index is 2.37. The molecular weight excluding hydrogens is 302 g/mol. The minimum Gasteiger partial charge on any atom is -0.205 e. The van der Waals surface area contributed by atoms with Gasteiger partial charge in [-0.25, -0.2) is 4.39 Å². The van der Waals surface area contributed by atoms with E-state index in [4.69, 9.17) is 23.2 Å². The molecule has 1 heterocycles. The number of halogens is 3. The molecule has 0 spiro atoms. The molecule has 0 amide bonds. The molecule has 0 aliphatic carbocycles. The third-order valence-electron chi connectivity index (χ3n) is 2.87. The van der Waals surface area contributed by atoms with E-state index in [2.05, 4.69) is 26.8 Å². The highest BCUT2D eigenvalue weighted by Gasteiger charge is 2.21. The summed E-state index contributed by atoms with van der Waals surface area (Å²) >= 11 is 14.1. The number of hydrogen-bond donors (Lipinski definition) is 0. The second kappa shape index (κ2) is 5.43. The lowest BCUT2D eigenvalue weighted by molar-refractivity contribution is 0.604. The van der Waals surface area contributed by atoms with Crippen LogP contribution in [0, 0.1) is 5.82 Å². The summed E-state index contributed by atoms with van der Waals surface area (Å²) < 4.78 is 13.5. The Hall–Kier alpha value is -0.570. The predicted molar refractivity (Wildman–Crippen MR) is 82.1 cm³/mol. The zero-order chi connectivity index (χ0) is 14.2. The minimum atomic E-state index is -0.433. The Labute approximate surface area is 127 Å². The summed E-state index contributed by atoms with van der Waals surface area (Å²) in [7, 11) is 0. The van der Waals surface area contributed by atoms with Crippen molar-refractivity contribution in [2.45, 2.75) is 31.6 Å². The van der Waals surface area contributed by atoms with E-state index in [0.717, 1.165) is 4.88 Å². The van der Waals surface area contributed by atoms with Crippen molar-refractivity contribution >= 4 is 34.5 Å². The van der Waals surface area contributed by atoms with E-state index >= 15 is 0 Å². The summed E-state index contributed by atoms with van der Waals surface area (Å²) in [5.74, 6) is -0.433. The number of alkyl halides is 1. The summed E-state index contributed by atoms with van der Waals surface area (Å²) in [6.45, 7) is 6.46. The van der Waals surface area contributed by atoms with Gasteiger partial charge in [-0.3, -0.25) is 0 Å². The third-order valence-corrected chi connectivity index (χ3v) is 5.44. The molecule has 2 aromatic rings. The van der Waals surface area contributed by atoms with Crippen molar-refractivity contribution < 1.29 is 4.39 Å². The monoisotopic (exact) mass is 316 g/mol. The molecule has 0 bridgehead atoms. The predicted octanol–water partition coefficient (Wildman–Crippen LogP) is 6.17. The summed E-state index contributed by atoms with van der Waals surface area (Å²) in [4.78, 5) is 2.24. The van der Waals surface area contributed by atoms with E-state index in [1.54, 1.807) is 23.5 Å². The van der Waals surface area contributed by atoms with E-state index in [0.29, 0.717) is 5.56 Å². The number of hydrogen-bond acceptors (Lipinski definition) is 1. The average molecular weight is 317 g/mol. The van der Waals surface area contributed by atoms with Crippen molar-refractivity contribution in [2.24, 2.45) is 0 Å². The summed E-state index contributed by atoms with van der Waals surface area (Å²) in [5, 5.41) is -0.308. The summed E-state index contributed by atoms with van der Waals surface area (Å²) in [6, 6.07) is 8.79. The molecule has 19 heavy (non-hydrogen) atoms. The lowest BCUT2D eigenvalue weighted by Crippen LogP contribution is -2.07. The Bertz CT molecular complexity index is 584. The van der Waals surface area contributed by atoms with Gasteiger partial charge in [0.1, 0.15) is 5.82 Å². The normalized spacial score (nSPS) is 13.6. The minimum absolute atomic E-state index is 0.0885. The Morgan fingerprint density at radius 3 is 2.42 bits per heavy atom. The van der Waals surface area contributed by atoms with Gasteiger partial charge in [0.25, 0.3) is 0 Å². The molecule has 0 saturated heterocycles. The fourth-order valence-corrected chi connectivity index (χ4v) is 3.50. The van der Waals surface area contributed by atoms with Crippen LogP contribution in [0.4, 0.5) is 4.39 Å². The Kier molecular flexibility index (Phi) is 4.24. The maximum atomic E-state index is 13.5. The third kappa shape index (κ3) is 3.13. The highest BCUT2D eigenvalue weighted by atomic mass is 35.5. The zero-order valence-corrected chi connectivity index (χ0v) is 13.3. The van der Waals surface area contributed by atoms with E-state index in [9.17, 15) is 4.39 Å². The molecule has 0 N–H and O–H groups in total. The molecule has 0 aliphatic rings. The Morgan fingerprint density at radius 2 is 1.84 bits per heavy atom. The highest BCUT2D eigenvalue weighted by molar-refractivity contribution is 7.12. The first-order valence-corrected chi connectivity index (χ1v) is 7.62. The standard InChI is InChI=1S/C15H15Cl2FS/c1-15(2,3)12-8-7-11(19-12)14(17)9-5-4-6-10(18)13(9)16/h4-8,14H,1-3H3. The summed E-state index contributed by atoms with van der Waals surface area (Å²) in [6.07, 6.45) is 0. The fraction of sp³-hybridized carbons (Fsp3) is 0.333. The van der Waals surface area contributed by atoms with Gasteiger partial charge in [0.05, 0.1) is 10.4 Å². The van der Waals surface area contributed by atoms with Gasteiger partial charge in [0.15, 0.2) is 0 Å². The second-order valence-corrected chi connectivity index (χ2v) is 7.39. The van der Waals surface area contributed by atoms with Crippen LogP contribution in [-0.4, -0.2) is 0 Å². The first kappa shape index (κ1) is 14.8. The van der Waals surface area contributed by atoms with Gasteiger partial charge in [0.2, 0.25) is 0 Å². The zero-order valence-electron chi connectivity index (χ0n) is 11.0. The summed E-state index contributed by atoms with van der Waals surface area (Å²) in [5.41, 5.74) is 0.705. The molecule has 1 aromatic carbocycles. The first-order valence-electron chi connectivity index (χ1n) is 5.99. The maximum Gasteiger partial charge on any atom is 0.142 e. The highest BCUT2D eigenvalue weighted by Crippen LogP contribution is 2.40. The van der Waals surface area contributed by atoms with Crippen molar-refractivity contribution in [1.82, 2.24) is 0 Å². The molecule has 1 aromatic heterocycles. The van der Waals surface area contributed by atoms with Crippen LogP contribution in [0.3, 0.4) is 0 Å². The molecule has 1 unspecified atom stereocenters. The molecule has 0 nitrogen and oxygen atoms in total. The van der Waals surface area contributed by atoms with E-state index < -0.39 is 11.2 Å². The van der Waals surface area contributed by atoms with Crippen LogP contribution >= 0.6 is 34.5 Å². The molecule has 0 fully saturated rings. The largest absolute Gasteiger partial charge is 0.205 e. The molecule has 2 rings (SSSR count). The smallest absolute Gasteiger partial charge is 0.142 e. The number of rotatable bonds is 2. The first-order chi connectivity index (χ1) is 8.80. The van der Waals surface area contributed by atoms with Crippen LogP contribution in [0.2, 0.25) is 5.02 Å². The number of benzene rings is 1. The SMILES string of the molecule is CC(C)(C)c1ccc(C(Cl)c2cccc(F)c2Cl)s1. The van der Waals surface area contributed by atoms with Crippen molar-refractivity contribution in [2.75, 3.05) is 0 Å². The number of thiophene rings is 1. The van der Waals surface area contributed by atoms with E-state index in [-0.39, 0.29) is 10.4 Å². The van der Waals surface area contributed by atoms with Crippen LogP contribution in [-0.2, 0) is 5.41 Å². The average Bonchev–Trinajstić information content (AvgIpc) is 2.81. The van der Waals surface area contributed by atoms with Crippen LogP contribution in [0.15, 0.2) is 30.3 Å². The van der Waals surface area contributed by atoms with Gasteiger partial charge in [-0.1, -0.05) is 44.5 Å². The van der Waals surface area contributed by atoms with Crippen LogP contribution < -0.4 is 0 Å². The van der Waals surface area contributed by atoms with Crippen molar-refractivity contribution in [3.8, 4) is 0 Å². The molecule has 0 saturated carbocycles. The molecule has 4 heteroatoms. The molecule has 0 aliphatic heterocycles. The molecule has 0 radical (unpaired) electrons. The van der Waals surface area contributed by atoms with Crippen LogP contribution in [0.1, 0.15) is 41.5 Å². The van der Waals surface area contributed by atoms with Crippen LogP contribution in [0.5, 0.6) is 0 Å². The molecule has 102 valence electrons. The van der Waals surface area contributed by atoms with Gasteiger partial charge in [-0.15, -0.1) is 22.9 Å². The fourth-order valence-electron chi connectivity index (χ4n) is 1.76. The van der Waals surface area contributed by atoms with Crippen molar-refractivity contribution in [3.05, 3.63) is 56.5 Å². The van der Waals surface area contributed by atoms with Gasteiger partial charge >= 0.3 is 0 Å². The van der Waals surface area contributed by atoms with E-state index in [1.165, 1.54) is 10.9 Å². The van der Waals surface area contributed by atoms with Crippen LogP contribution in [0.25, 0.3) is 0 Å². The Morgan fingerprint density at radius 1 is 1.16 bits per heavy atom. The molecular formula is C15H15Cl2FS. The topological polar surface area (TPSA) is 0 Å².